The maximum absolute atomic E-state index is 12.2. The summed E-state index contributed by atoms with van der Waals surface area (Å²) in [5, 5.41) is 0. The quantitative estimate of drug-likeness (QED) is 0.603. The third-order valence-corrected chi connectivity index (χ3v) is 4.18. The van der Waals surface area contributed by atoms with E-state index in [-0.39, 0.29) is 11.5 Å². The zero-order valence-corrected chi connectivity index (χ0v) is 9.76. The summed E-state index contributed by atoms with van der Waals surface area (Å²) in [6.07, 6.45) is 1.25. The predicted octanol–water partition coefficient (Wildman–Crippen LogP) is 2.42. The monoisotopic (exact) mass is 196 g/mol. The highest BCUT2D eigenvalue weighted by atomic mass is 16.6. The Kier molecular flexibility index (Phi) is 1.89. The highest BCUT2D eigenvalue weighted by Gasteiger charge is 2.67. The van der Waals surface area contributed by atoms with Crippen LogP contribution in [-0.4, -0.2) is 17.5 Å². The minimum atomic E-state index is -0.436. The number of carbonyl (C=O) groups is 1. The molecule has 0 N–H and O–H groups in total. The molecule has 1 aliphatic carbocycles. The molecule has 0 bridgehead atoms. The van der Waals surface area contributed by atoms with Gasteiger partial charge in [-0.3, -0.25) is 4.79 Å². The largest absolute Gasteiger partial charge is 0.358 e. The maximum Gasteiger partial charge on any atom is 0.172 e. The molecule has 0 aromatic heterocycles. The minimum absolute atomic E-state index is 0.204. The second kappa shape index (κ2) is 2.60. The lowest BCUT2D eigenvalue weighted by Gasteiger charge is -2.39. The standard InChI is InChI=1S/C12H20O2/c1-7(2)8-6-9-12(5,14-9)10(13)11(8,3)4/h7-9H,6H2,1-5H3/t8-,9?,12-/m0/s1. The summed E-state index contributed by atoms with van der Waals surface area (Å²) >= 11 is 0. The number of ketones is 1. The van der Waals surface area contributed by atoms with E-state index in [0.717, 1.165) is 6.42 Å². The number of hydrogen-bond acceptors (Lipinski definition) is 2. The van der Waals surface area contributed by atoms with Gasteiger partial charge in [0, 0.05) is 5.41 Å². The van der Waals surface area contributed by atoms with Gasteiger partial charge in [0.05, 0.1) is 6.10 Å². The molecular weight excluding hydrogens is 176 g/mol. The Morgan fingerprint density at radius 3 is 2.43 bits per heavy atom. The van der Waals surface area contributed by atoms with Crippen LogP contribution in [0.4, 0.5) is 0 Å². The lowest BCUT2D eigenvalue weighted by atomic mass is 9.61. The van der Waals surface area contributed by atoms with Gasteiger partial charge in [-0.25, -0.2) is 0 Å². The number of fused-ring (bicyclic) bond motifs is 1. The van der Waals surface area contributed by atoms with Crippen LogP contribution in [0.5, 0.6) is 0 Å². The molecule has 0 spiro atoms. The summed E-state index contributed by atoms with van der Waals surface area (Å²) in [4.78, 5) is 12.2. The fourth-order valence-electron chi connectivity index (χ4n) is 3.17. The number of rotatable bonds is 1. The van der Waals surface area contributed by atoms with Crippen LogP contribution >= 0.6 is 0 Å². The Morgan fingerprint density at radius 2 is 1.93 bits per heavy atom. The zero-order valence-electron chi connectivity index (χ0n) is 9.76. The SMILES string of the molecule is CC(C)[C@@H]1CC2O[C@]2(C)C(=O)C1(C)C. The van der Waals surface area contributed by atoms with Crippen LogP contribution in [0.2, 0.25) is 0 Å². The zero-order chi connectivity index (χ0) is 10.7. The maximum atomic E-state index is 12.2. The van der Waals surface area contributed by atoms with E-state index in [9.17, 15) is 4.79 Å². The molecule has 2 rings (SSSR count). The van der Waals surface area contributed by atoms with Crippen molar-refractivity contribution in [3.8, 4) is 0 Å². The number of hydrogen-bond donors (Lipinski definition) is 0. The van der Waals surface area contributed by atoms with Crippen molar-refractivity contribution in [2.75, 3.05) is 0 Å². The second-order valence-corrected chi connectivity index (χ2v) is 5.85. The molecule has 0 radical (unpaired) electrons. The summed E-state index contributed by atoms with van der Waals surface area (Å²) in [6, 6.07) is 0. The summed E-state index contributed by atoms with van der Waals surface area (Å²) < 4.78 is 5.54. The molecule has 1 saturated carbocycles. The van der Waals surface area contributed by atoms with Crippen molar-refractivity contribution in [3.05, 3.63) is 0 Å². The van der Waals surface area contributed by atoms with E-state index >= 15 is 0 Å². The second-order valence-electron chi connectivity index (χ2n) is 5.85. The van der Waals surface area contributed by atoms with Gasteiger partial charge in [-0.1, -0.05) is 27.7 Å². The molecule has 1 aliphatic heterocycles. The van der Waals surface area contributed by atoms with Gasteiger partial charge in [-0.2, -0.15) is 0 Å². The predicted molar refractivity (Wildman–Crippen MR) is 55.0 cm³/mol. The average molecular weight is 196 g/mol. The van der Waals surface area contributed by atoms with Gasteiger partial charge >= 0.3 is 0 Å². The molecule has 2 nitrogen and oxygen atoms in total. The van der Waals surface area contributed by atoms with Crippen LogP contribution in [0.15, 0.2) is 0 Å². The first-order valence-corrected chi connectivity index (χ1v) is 5.53. The van der Waals surface area contributed by atoms with E-state index in [1.807, 2.05) is 6.92 Å². The summed E-state index contributed by atoms with van der Waals surface area (Å²) in [5.74, 6) is 1.33. The van der Waals surface area contributed by atoms with Crippen molar-refractivity contribution >= 4 is 5.78 Å². The van der Waals surface area contributed by atoms with Crippen molar-refractivity contribution < 1.29 is 9.53 Å². The van der Waals surface area contributed by atoms with E-state index in [4.69, 9.17) is 4.74 Å². The molecule has 2 aliphatic rings. The van der Waals surface area contributed by atoms with E-state index < -0.39 is 5.60 Å². The molecule has 0 amide bonds. The summed E-state index contributed by atoms with van der Waals surface area (Å²) in [5.41, 5.74) is -0.648. The third kappa shape index (κ3) is 1.10. The fraction of sp³-hybridized carbons (Fsp3) is 0.917. The fourth-order valence-corrected chi connectivity index (χ4v) is 3.17. The van der Waals surface area contributed by atoms with Crippen LogP contribution < -0.4 is 0 Å². The molecule has 80 valence electrons. The van der Waals surface area contributed by atoms with Crippen molar-refractivity contribution in [3.63, 3.8) is 0 Å². The smallest absolute Gasteiger partial charge is 0.172 e. The first-order valence-electron chi connectivity index (χ1n) is 5.53. The molecule has 2 heteroatoms. The molecule has 2 fully saturated rings. The van der Waals surface area contributed by atoms with Crippen LogP contribution in [0.25, 0.3) is 0 Å². The van der Waals surface area contributed by atoms with Crippen molar-refractivity contribution in [2.24, 2.45) is 17.3 Å². The molecule has 0 aromatic rings. The van der Waals surface area contributed by atoms with Crippen LogP contribution in [0.1, 0.15) is 41.0 Å². The van der Waals surface area contributed by atoms with Crippen molar-refractivity contribution in [1.29, 1.82) is 0 Å². The van der Waals surface area contributed by atoms with Crippen molar-refractivity contribution in [1.82, 2.24) is 0 Å². The Balaban J connectivity index is 2.29. The topological polar surface area (TPSA) is 29.6 Å². The molecular formula is C12H20O2. The summed E-state index contributed by atoms with van der Waals surface area (Å²) in [6.45, 7) is 10.5. The van der Waals surface area contributed by atoms with Crippen LogP contribution in [-0.2, 0) is 9.53 Å². The summed E-state index contributed by atoms with van der Waals surface area (Å²) in [7, 11) is 0. The molecule has 1 unspecified atom stereocenters. The van der Waals surface area contributed by atoms with Gasteiger partial charge in [0.2, 0.25) is 0 Å². The van der Waals surface area contributed by atoms with E-state index in [2.05, 4.69) is 27.7 Å². The first kappa shape index (κ1) is 10.2. The lowest BCUT2D eigenvalue weighted by Crippen LogP contribution is -2.48. The van der Waals surface area contributed by atoms with Crippen molar-refractivity contribution in [2.45, 2.75) is 52.7 Å². The number of Topliss-reactive ketones (excluding diaryl/α,β-unsaturated/α-hetero) is 1. The molecule has 1 heterocycles. The number of epoxide rings is 1. The molecule has 3 atom stereocenters. The number of carbonyl (C=O) groups excluding carboxylic acids is 1. The Hall–Kier alpha value is -0.370. The minimum Gasteiger partial charge on any atom is -0.358 e. The van der Waals surface area contributed by atoms with Crippen LogP contribution in [0.3, 0.4) is 0 Å². The first-order chi connectivity index (χ1) is 6.30. The molecule has 14 heavy (non-hydrogen) atoms. The van der Waals surface area contributed by atoms with E-state index in [1.54, 1.807) is 0 Å². The van der Waals surface area contributed by atoms with Gasteiger partial charge in [0.15, 0.2) is 11.4 Å². The number of ether oxygens (including phenoxy) is 1. The molecule has 0 aromatic carbocycles. The van der Waals surface area contributed by atoms with E-state index in [1.165, 1.54) is 0 Å². The highest BCUT2D eigenvalue weighted by molar-refractivity contribution is 5.95. The van der Waals surface area contributed by atoms with E-state index in [0.29, 0.717) is 17.6 Å². The Bertz CT molecular complexity index is 280. The van der Waals surface area contributed by atoms with Gasteiger partial charge in [-0.15, -0.1) is 0 Å². The van der Waals surface area contributed by atoms with Gasteiger partial charge in [0.25, 0.3) is 0 Å². The molecule has 1 saturated heterocycles. The Morgan fingerprint density at radius 1 is 1.36 bits per heavy atom. The normalized spacial score (nSPS) is 45.1. The third-order valence-electron chi connectivity index (χ3n) is 4.18. The van der Waals surface area contributed by atoms with Gasteiger partial charge in [-0.05, 0) is 25.2 Å². The van der Waals surface area contributed by atoms with Gasteiger partial charge in [0.1, 0.15) is 0 Å². The van der Waals surface area contributed by atoms with Gasteiger partial charge < -0.3 is 4.74 Å². The highest BCUT2D eigenvalue weighted by Crippen LogP contribution is 2.55. The Labute approximate surface area is 86.0 Å². The average Bonchev–Trinajstić information content (AvgIpc) is 2.71. The lowest BCUT2D eigenvalue weighted by molar-refractivity contribution is -0.137. The van der Waals surface area contributed by atoms with Crippen LogP contribution in [0, 0.1) is 17.3 Å².